The van der Waals surface area contributed by atoms with Crippen LogP contribution in [0.1, 0.15) is 17.0 Å². The Morgan fingerprint density at radius 3 is 2.74 bits per heavy atom. The summed E-state index contributed by atoms with van der Waals surface area (Å²) in [5, 5.41) is 3.95. The fourth-order valence-corrected chi connectivity index (χ4v) is 3.35. The highest BCUT2D eigenvalue weighted by molar-refractivity contribution is 6.10. The Kier molecular flexibility index (Phi) is 6.41. The van der Waals surface area contributed by atoms with Crippen molar-refractivity contribution in [1.29, 1.82) is 0 Å². The number of aromatic nitrogens is 3. The van der Waals surface area contributed by atoms with Gasteiger partial charge >= 0.3 is 12.1 Å². The van der Waals surface area contributed by atoms with Crippen LogP contribution in [0, 0.1) is 6.92 Å². The van der Waals surface area contributed by atoms with Crippen LogP contribution in [0.15, 0.2) is 29.4 Å². The van der Waals surface area contributed by atoms with Crippen molar-refractivity contribution < 1.29 is 19.0 Å². The number of amides is 1. The summed E-state index contributed by atoms with van der Waals surface area (Å²) in [5.74, 6) is 6.51. The van der Waals surface area contributed by atoms with E-state index in [1.807, 2.05) is 36.1 Å². The van der Waals surface area contributed by atoms with Crippen LogP contribution in [-0.4, -0.2) is 84.3 Å². The number of rotatable bonds is 7. The Morgan fingerprint density at radius 2 is 2.03 bits per heavy atom. The van der Waals surface area contributed by atoms with E-state index in [0.717, 1.165) is 11.1 Å². The molecule has 2 aliphatic rings. The SMILES string of the molecule is Cc1cccc(C(=NN)c2nc(OCCN3CCOC3=O)nc(N3CCOCC3)n2)c1. The molecular formula is C20H25N7O4. The van der Waals surface area contributed by atoms with E-state index in [-0.39, 0.29) is 18.7 Å². The van der Waals surface area contributed by atoms with Crippen LogP contribution >= 0.6 is 0 Å². The van der Waals surface area contributed by atoms with Crippen molar-refractivity contribution in [2.75, 3.05) is 57.5 Å². The molecule has 2 fully saturated rings. The molecule has 11 heteroatoms. The lowest BCUT2D eigenvalue weighted by Crippen LogP contribution is -2.38. The van der Waals surface area contributed by atoms with Crippen molar-refractivity contribution in [3.05, 3.63) is 41.2 Å². The minimum atomic E-state index is -0.342. The largest absolute Gasteiger partial charge is 0.461 e. The van der Waals surface area contributed by atoms with E-state index in [4.69, 9.17) is 20.1 Å². The van der Waals surface area contributed by atoms with Crippen LogP contribution in [-0.2, 0) is 9.47 Å². The third-order valence-corrected chi connectivity index (χ3v) is 4.97. The zero-order valence-corrected chi connectivity index (χ0v) is 17.4. The molecule has 0 atom stereocenters. The summed E-state index contributed by atoms with van der Waals surface area (Å²) in [6.45, 7) is 6.01. The van der Waals surface area contributed by atoms with Gasteiger partial charge in [-0.1, -0.05) is 23.8 Å². The molecule has 0 spiro atoms. The quantitative estimate of drug-likeness (QED) is 0.383. The molecule has 0 unspecified atom stereocenters. The number of nitrogens with two attached hydrogens (primary N) is 1. The minimum absolute atomic E-state index is 0.146. The zero-order chi connectivity index (χ0) is 21.6. The van der Waals surface area contributed by atoms with Crippen LogP contribution in [0.2, 0.25) is 0 Å². The smallest absolute Gasteiger partial charge is 0.410 e. The van der Waals surface area contributed by atoms with Gasteiger partial charge in [0.15, 0.2) is 5.82 Å². The topological polar surface area (TPSA) is 128 Å². The van der Waals surface area contributed by atoms with Gasteiger partial charge in [-0.15, -0.1) is 0 Å². The van der Waals surface area contributed by atoms with Crippen molar-refractivity contribution in [3.8, 4) is 6.01 Å². The van der Waals surface area contributed by atoms with E-state index < -0.39 is 0 Å². The van der Waals surface area contributed by atoms with Gasteiger partial charge in [0.2, 0.25) is 5.95 Å². The number of cyclic esters (lactones) is 1. The number of ether oxygens (including phenoxy) is 3. The fraction of sp³-hybridized carbons (Fsp3) is 0.450. The summed E-state index contributed by atoms with van der Waals surface area (Å²) >= 11 is 0. The number of morpholine rings is 1. The van der Waals surface area contributed by atoms with E-state index >= 15 is 0 Å². The maximum absolute atomic E-state index is 11.6. The van der Waals surface area contributed by atoms with Gasteiger partial charge in [0.1, 0.15) is 18.9 Å². The second-order valence-electron chi connectivity index (χ2n) is 7.14. The number of hydrogen-bond donors (Lipinski definition) is 1. The number of hydrogen-bond acceptors (Lipinski definition) is 10. The molecule has 164 valence electrons. The van der Waals surface area contributed by atoms with Crippen LogP contribution < -0.4 is 15.5 Å². The predicted molar refractivity (Wildman–Crippen MR) is 112 cm³/mol. The van der Waals surface area contributed by atoms with Gasteiger partial charge in [-0.2, -0.15) is 20.1 Å². The Balaban J connectivity index is 1.60. The van der Waals surface area contributed by atoms with Crippen LogP contribution in [0.25, 0.3) is 0 Å². The van der Waals surface area contributed by atoms with Crippen LogP contribution in [0.3, 0.4) is 0 Å². The average Bonchev–Trinajstić information content (AvgIpc) is 3.19. The molecule has 31 heavy (non-hydrogen) atoms. The fourth-order valence-electron chi connectivity index (χ4n) is 3.35. The van der Waals surface area contributed by atoms with Gasteiger partial charge in [0.25, 0.3) is 0 Å². The molecule has 3 heterocycles. The Hall–Kier alpha value is -3.47. The highest BCUT2D eigenvalue weighted by atomic mass is 16.6. The zero-order valence-electron chi connectivity index (χ0n) is 17.4. The number of carbonyl (C=O) groups is 1. The number of anilines is 1. The summed E-state index contributed by atoms with van der Waals surface area (Å²) < 4.78 is 16.1. The first kappa shape index (κ1) is 20.8. The predicted octanol–water partition coefficient (Wildman–Crippen LogP) is 0.559. The average molecular weight is 427 g/mol. The molecule has 2 aliphatic heterocycles. The maximum Gasteiger partial charge on any atom is 0.410 e. The summed E-state index contributed by atoms with van der Waals surface area (Å²) in [7, 11) is 0. The third kappa shape index (κ3) is 5.00. The van der Waals surface area contributed by atoms with Gasteiger partial charge in [-0.3, -0.25) is 0 Å². The van der Waals surface area contributed by atoms with Gasteiger partial charge in [-0.25, -0.2) is 4.79 Å². The molecule has 11 nitrogen and oxygen atoms in total. The van der Waals surface area contributed by atoms with E-state index in [0.29, 0.717) is 63.5 Å². The molecule has 2 N–H and O–H groups in total. The van der Waals surface area contributed by atoms with E-state index in [1.54, 1.807) is 4.90 Å². The van der Waals surface area contributed by atoms with Crippen molar-refractivity contribution in [2.45, 2.75) is 6.92 Å². The molecule has 0 aliphatic carbocycles. The monoisotopic (exact) mass is 427 g/mol. The minimum Gasteiger partial charge on any atom is -0.461 e. The molecule has 1 aromatic carbocycles. The molecule has 1 amide bonds. The third-order valence-electron chi connectivity index (χ3n) is 4.97. The lowest BCUT2D eigenvalue weighted by atomic mass is 10.1. The Bertz CT molecular complexity index is 962. The molecule has 1 aromatic heterocycles. The van der Waals surface area contributed by atoms with Crippen molar-refractivity contribution in [3.63, 3.8) is 0 Å². The number of nitrogens with zero attached hydrogens (tertiary/aromatic N) is 6. The first-order chi connectivity index (χ1) is 15.1. The van der Waals surface area contributed by atoms with Gasteiger partial charge in [0, 0.05) is 18.7 Å². The molecule has 2 saturated heterocycles. The van der Waals surface area contributed by atoms with E-state index in [9.17, 15) is 4.79 Å². The maximum atomic E-state index is 11.6. The first-order valence-corrected chi connectivity index (χ1v) is 10.1. The van der Waals surface area contributed by atoms with Crippen molar-refractivity contribution >= 4 is 17.8 Å². The van der Waals surface area contributed by atoms with Crippen LogP contribution in [0.5, 0.6) is 6.01 Å². The summed E-state index contributed by atoms with van der Waals surface area (Å²) in [4.78, 5) is 28.7. The Labute approximate surface area is 179 Å². The lowest BCUT2D eigenvalue weighted by Gasteiger charge is -2.27. The number of aryl methyl sites for hydroxylation is 1. The highest BCUT2D eigenvalue weighted by Crippen LogP contribution is 2.17. The molecular weight excluding hydrogens is 402 g/mol. The second kappa shape index (κ2) is 9.56. The summed E-state index contributed by atoms with van der Waals surface area (Å²) in [6, 6.07) is 7.92. The van der Waals surface area contributed by atoms with Crippen LogP contribution in [0.4, 0.5) is 10.7 Å². The highest BCUT2D eigenvalue weighted by Gasteiger charge is 2.23. The van der Waals surface area contributed by atoms with Gasteiger partial charge < -0.3 is 29.9 Å². The standard InChI is InChI=1S/C20H25N7O4/c1-14-3-2-4-15(13-14)16(25-21)17-22-18(26-5-9-29-10-6-26)24-19(23-17)30-11-7-27-8-12-31-20(27)28/h2-4,13H,5-12,21H2,1H3. The normalized spacial score (nSPS) is 17.1. The van der Waals surface area contributed by atoms with Crippen molar-refractivity contribution in [1.82, 2.24) is 19.9 Å². The molecule has 2 aromatic rings. The molecule has 0 saturated carbocycles. The van der Waals surface area contributed by atoms with E-state index in [1.165, 1.54) is 0 Å². The number of benzene rings is 1. The molecule has 0 bridgehead atoms. The van der Waals surface area contributed by atoms with Gasteiger partial charge in [0.05, 0.1) is 26.3 Å². The molecule has 0 radical (unpaired) electrons. The lowest BCUT2D eigenvalue weighted by molar-refractivity contribution is 0.122. The second-order valence-corrected chi connectivity index (χ2v) is 7.14. The van der Waals surface area contributed by atoms with E-state index in [2.05, 4.69) is 20.1 Å². The van der Waals surface area contributed by atoms with Gasteiger partial charge in [-0.05, 0) is 13.0 Å². The Morgan fingerprint density at radius 1 is 1.19 bits per heavy atom. The number of carbonyl (C=O) groups excluding carboxylic acids is 1. The first-order valence-electron chi connectivity index (χ1n) is 10.1. The molecule has 4 rings (SSSR count). The summed E-state index contributed by atoms with van der Waals surface area (Å²) in [5.41, 5.74) is 2.30. The van der Waals surface area contributed by atoms with Crippen molar-refractivity contribution in [2.24, 2.45) is 10.9 Å². The number of hydrazone groups is 1. The summed E-state index contributed by atoms with van der Waals surface area (Å²) in [6.07, 6.45) is -0.342.